The van der Waals surface area contributed by atoms with Crippen LogP contribution in [0.15, 0.2) is 5.38 Å². The molecule has 0 amide bonds. The first-order valence-electron chi connectivity index (χ1n) is 5.46. The normalized spacial score (nSPS) is 27.2. The van der Waals surface area contributed by atoms with Gasteiger partial charge in [-0.05, 0) is 24.8 Å². The highest BCUT2D eigenvalue weighted by molar-refractivity contribution is 7.15. The number of halogens is 2. The van der Waals surface area contributed by atoms with E-state index in [4.69, 9.17) is 23.2 Å². The van der Waals surface area contributed by atoms with E-state index >= 15 is 0 Å². The molecule has 1 aromatic rings. The lowest BCUT2D eigenvalue weighted by Gasteiger charge is -2.37. The minimum atomic E-state index is 0.545. The Kier molecular flexibility index (Phi) is 4.14. The highest BCUT2D eigenvalue weighted by atomic mass is 35.5. The van der Waals surface area contributed by atoms with Crippen molar-refractivity contribution < 1.29 is 0 Å². The molecule has 90 valence electrons. The van der Waals surface area contributed by atoms with Gasteiger partial charge in [-0.2, -0.15) is 0 Å². The first-order valence-corrected chi connectivity index (χ1v) is 7.10. The van der Waals surface area contributed by atoms with E-state index in [0.717, 1.165) is 30.2 Å². The van der Waals surface area contributed by atoms with E-state index in [2.05, 4.69) is 29.4 Å². The molecule has 0 bridgehead atoms. The first kappa shape index (κ1) is 12.7. The average Bonchev–Trinajstić information content (AvgIpc) is 2.55. The van der Waals surface area contributed by atoms with Crippen molar-refractivity contribution in [3.05, 3.63) is 20.3 Å². The van der Waals surface area contributed by atoms with Crippen molar-refractivity contribution in [2.24, 2.45) is 0 Å². The van der Waals surface area contributed by atoms with Crippen LogP contribution in [-0.2, 0) is 6.54 Å². The van der Waals surface area contributed by atoms with Crippen molar-refractivity contribution in [3.63, 3.8) is 0 Å². The summed E-state index contributed by atoms with van der Waals surface area (Å²) >= 11 is 13.6. The Morgan fingerprint density at radius 2 is 2.25 bits per heavy atom. The molecule has 16 heavy (non-hydrogen) atoms. The van der Waals surface area contributed by atoms with Gasteiger partial charge in [0, 0.05) is 31.7 Å². The fraction of sp³-hybridized carbons (Fsp3) is 0.636. The fourth-order valence-electron chi connectivity index (χ4n) is 2.00. The highest BCUT2D eigenvalue weighted by Gasteiger charge is 2.23. The molecule has 1 saturated heterocycles. The smallest absolute Gasteiger partial charge is 0.112 e. The van der Waals surface area contributed by atoms with Crippen molar-refractivity contribution in [3.8, 4) is 0 Å². The monoisotopic (exact) mass is 278 g/mol. The minimum absolute atomic E-state index is 0.545. The maximum absolute atomic E-state index is 6.15. The van der Waals surface area contributed by atoms with Gasteiger partial charge >= 0.3 is 0 Å². The molecular formula is C11H16Cl2N2S. The maximum Gasteiger partial charge on any atom is 0.112 e. The summed E-state index contributed by atoms with van der Waals surface area (Å²) in [5.74, 6) is 0. The summed E-state index contributed by atoms with van der Waals surface area (Å²) in [6, 6.07) is 1.09. The highest BCUT2D eigenvalue weighted by Crippen LogP contribution is 2.33. The van der Waals surface area contributed by atoms with E-state index in [1.807, 2.05) is 0 Å². The standard InChI is InChI=1S/C11H16Cl2N2S/c1-7-4-15(8(2)3-14-7)5-9-6-16-11(13)10(9)12/h6-8,14H,3-5H2,1-2H3. The number of nitrogens with zero attached hydrogens (tertiary/aromatic N) is 1. The van der Waals surface area contributed by atoms with E-state index in [1.54, 1.807) is 0 Å². The lowest BCUT2D eigenvalue weighted by molar-refractivity contribution is 0.139. The predicted molar refractivity (Wildman–Crippen MR) is 71.7 cm³/mol. The molecule has 1 aliphatic heterocycles. The van der Waals surface area contributed by atoms with Crippen molar-refractivity contribution >= 4 is 34.5 Å². The summed E-state index contributed by atoms with van der Waals surface area (Å²) in [4.78, 5) is 2.45. The fourth-order valence-corrected chi connectivity index (χ4v) is 3.24. The van der Waals surface area contributed by atoms with E-state index in [9.17, 15) is 0 Å². The van der Waals surface area contributed by atoms with E-state index in [-0.39, 0.29) is 0 Å². The van der Waals surface area contributed by atoms with Gasteiger partial charge in [-0.25, -0.2) is 0 Å². The van der Waals surface area contributed by atoms with Crippen molar-refractivity contribution in [2.75, 3.05) is 13.1 Å². The summed E-state index contributed by atoms with van der Waals surface area (Å²) in [6.07, 6.45) is 0. The van der Waals surface area contributed by atoms with Crippen LogP contribution in [0.1, 0.15) is 19.4 Å². The number of rotatable bonds is 2. The van der Waals surface area contributed by atoms with Gasteiger partial charge in [0.25, 0.3) is 0 Å². The topological polar surface area (TPSA) is 15.3 Å². The molecule has 0 spiro atoms. The van der Waals surface area contributed by atoms with E-state index in [0.29, 0.717) is 16.4 Å². The van der Waals surface area contributed by atoms with Gasteiger partial charge in [0.2, 0.25) is 0 Å². The summed E-state index contributed by atoms with van der Waals surface area (Å²) < 4.78 is 0.701. The Morgan fingerprint density at radius 1 is 1.50 bits per heavy atom. The third-order valence-corrected chi connectivity index (χ3v) is 4.94. The van der Waals surface area contributed by atoms with Crippen LogP contribution < -0.4 is 5.32 Å². The first-order chi connectivity index (χ1) is 7.58. The van der Waals surface area contributed by atoms with Crippen LogP contribution in [0.4, 0.5) is 0 Å². The summed E-state index contributed by atoms with van der Waals surface area (Å²) in [5, 5.41) is 6.26. The number of piperazine rings is 1. The van der Waals surface area contributed by atoms with Crippen LogP contribution in [0, 0.1) is 0 Å². The molecule has 5 heteroatoms. The van der Waals surface area contributed by atoms with Gasteiger partial charge in [0.05, 0.1) is 5.02 Å². The number of hydrogen-bond acceptors (Lipinski definition) is 3. The quantitative estimate of drug-likeness (QED) is 0.894. The Bertz CT molecular complexity index is 367. The molecule has 1 aromatic heterocycles. The van der Waals surface area contributed by atoms with Crippen LogP contribution >= 0.6 is 34.5 Å². The predicted octanol–water partition coefficient (Wildman–Crippen LogP) is 3.24. The van der Waals surface area contributed by atoms with Crippen LogP contribution in [0.3, 0.4) is 0 Å². The van der Waals surface area contributed by atoms with Gasteiger partial charge < -0.3 is 5.32 Å². The molecule has 1 N–H and O–H groups in total. The molecule has 2 heterocycles. The van der Waals surface area contributed by atoms with Gasteiger partial charge in [-0.1, -0.05) is 23.2 Å². The largest absolute Gasteiger partial charge is 0.311 e. The van der Waals surface area contributed by atoms with Crippen LogP contribution in [-0.4, -0.2) is 30.1 Å². The summed E-state index contributed by atoms with van der Waals surface area (Å²) in [6.45, 7) is 7.44. The Labute approximate surface area is 111 Å². The second kappa shape index (κ2) is 5.23. The molecule has 2 rings (SSSR count). The summed E-state index contributed by atoms with van der Waals surface area (Å²) in [7, 11) is 0. The molecule has 0 aliphatic carbocycles. The van der Waals surface area contributed by atoms with Crippen molar-refractivity contribution in [1.29, 1.82) is 0 Å². The van der Waals surface area contributed by atoms with E-state index < -0.39 is 0 Å². The molecule has 1 aliphatic rings. The van der Waals surface area contributed by atoms with Crippen LogP contribution in [0.2, 0.25) is 9.36 Å². The minimum Gasteiger partial charge on any atom is -0.311 e. The maximum atomic E-state index is 6.15. The van der Waals surface area contributed by atoms with Crippen LogP contribution in [0.5, 0.6) is 0 Å². The molecule has 2 nitrogen and oxygen atoms in total. The SMILES string of the molecule is CC1CN(Cc2csc(Cl)c2Cl)C(C)CN1. The van der Waals surface area contributed by atoms with E-state index in [1.165, 1.54) is 11.3 Å². The third-order valence-electron chi connectivity index (χ3n) is 3.03. The molecular weight excluding hydrogens is 263 g/mol. The lowest BCUT2D eigenvalue weighted by Crippen LogP contribution is -2.53. The Hall–Kier alpha value is 0.200. The number of nitrogens with one attached hydrogen (secondary N) is 1. The number of hydrogen-bond donors (Lipinski definition) is 1. The third kappa shape index (κ3) is 2.71. The molecule has 0 aromatic carbocycles. The Morgan fingerprint density at radius 3 is 2.88 bits per heavy atom. The average molecular weight is 279 g/mol. The zero-order chi connectivity index (χ0) is 11.7. The Balaban J connectivity index is 2.05. The molecule has 1 fully saturated rings. The second-order valence-electron chi connectivity index (χ2n) is 4.44. The second-order valence-corrected chi connectivity index (χ2v) is 6.30. The van der Waals surface area contributed by atoms with Gasteiger partial charge in [-0.15, -0.1) is 11.3 Å². The molecule has 0 radical (unpaired) electrons. The zero-order valence-electron chi connectivity index (χ0n) is 9.46. The lowest BCUT2D eigenvalue weighted by atomic mass is 10.1. The van der Waals surface area contributed by atoms with Gasteiger partial charge in [0.1, 0.15) is 4.34 Å². The van der Waals surface area contributed by atoms with Gasteiger partial charge in [-0.3, -0.25) is 4.90 Å². The van der Waals surface area contributed by atoms with Crippen LogP contribution in [0.25, 0.3) is 0 Å². The summed E-state index contributed by atoms with van der Waals surface area (Å²) in [5.41, 5.74) is 1.15. The van der Waals surface area contributed by atoms with Crippen molar-refractivity contribution in [2.45, 2.75) is 32.5 Å². The molecule has 2 unspecified atom stereocenters. The zero-order valence-corrected chi connectivity index (χ0v) is 11.8. The molecule has 0 saturated carbocycles. The van der Waals surface area contributed by atoms with Gasteiger partial charge in [0.15, 0.2) is 0 Å². The van der Waals surface area contributed by atoms with Crippen molar-refractivity contribution in [1.82, 2.24) is 10.2 Å². The molecule has 2 atom stereocenters. The number of thiophene rings is 1.